The van der Waals surface area contributed by atoms with Gasteiger partial charge in [0, 0.05) is 35.9 Å². The van der Waals surface area contributed by atoms with Crippen LogP contribution in [-0.2, 0) is 14.8 Å². The Bertz CT molecular complexity index is 1150. The number of carbonyl (C=O) groups is 1. The van der Waals surface area contributed by atoms with Crippen molar-refractivity contribution in [3.8, 4) is 5.75 Å². The minimum absolute atomic E-state index is 0.0126. The molecule has 4 rings (SSSR count). The van der Waals surface area contributed by atoms with Gasteiger partial charge in [-0.2, -0.15) is 4.31 Å². The summed E-state index contributed by atoms with van der Waals surface area (Å²) in [6, 6.07) is 12.0. The number of rotatable bonds is 5. The predicted octanol–water partition coefficient (Wildman–Crippen LogP) is 2.45. The summed E-state index contributed by atoms with van der Waals surface area (Å²) >= 11 is 0. The molecule has 152 valence electrons. The third-order valence-corrected chi connectivity index (χ3v) is 6.76. The Hall–Kier alpha value is -2.88. The van der Waals surface area contributed by atoms with E-state index in [2.05, 4.69) is 10.3 Å². The first-order valence-corrected chi connectivity index (χ1v) is 10.6. The number of aromatic nitrogens is 1. The Morgan fingerprint density at radius 1 is 1.17 bits per heavy atom. The normalized spacial score (nSPS) is 15.3. The molecule has 8 nitrogen and oxygen atoms in total. The standard InChI is InChI=1S/C20H21N3O5S/c1-27-18-7-6-14(12-19(18)29(25,26)23-8-10-28-11-9-23)22-20(24)16-13-21-17-5-3-2-4-15(16)17/h2-7,12-13,21H,8-11H2,1H3,(H,22,24). The van der Waals surface area contributed by atoms with Crippen molar-refractivity contribution in [2.24, 2.45) is 0 Å². The SMILES string of the molecule is COc1ccc(NC(=O)c2c[nH]c3ccccc23)cc1S(=O)(=O)N1CCOCC1. The molecule has 1 aromatic heterocycles. The van der Waals surface area contributed by atoms with Gasteiger partial charge >= 0.3 is 0 Å². The molecule has 1 fully saturated rings. The molecule has 0 unspecified atom stereocenters. The van der Waals surface area contributed by atoms with Gasteiger partial charge in [0.15, 0.2) is 0 Å². The van der Waals surface area contributed by atoms with Crippen LogP contribution in [0.5, 0.6) is 5.75 Å². The third-order valence-electron chi connectivity index (χ3n) is 4.84. The van der Waals surface area contributed by atoms with E-state index in [1.807, 2.05) is 24.3 Å². The van der Waals surface area contributed by atoms with Gasteiger partial charge < -0.3 is 19.8 Å². The number of hydrogen-bond acceptors (Lipinski definition) is 5. The van der Waals surface area contributed by atoms with Crippen molar-refractivity contribution in [2.45, 2.75) is 4.90 Å². The summed E-state index contributed by atoms with van der Waals surface area (Å²) in [4.78, 5) is 15.8. The van der Waals surface area contributed by atoms with Gasteiger partial charge in [-0.05, 0) is 24.3 Å². The van der Waals surface area contributed by atoms with Gasteiger partial charge in [-0.3, -0.25) is 4.79 Å². The van der Waals surface area contributed by atoms with Crippen LogP contribution in [0.15, 0.2) is 53.6 Å². The van der Waals surface area contributed by atoms with Gasteiger partial charge in [0.25, 0.3) is 5.91 Å². The highest BCUT2D eigenvalue weighted by Crippen LogP contribution is 2.30. The molecule has 0 radical (unpaired) electrons. The van der Waals surface area contributed by atoms with E-state index >= 15 is 0 Å². The maximum Gasteiger partial charge on any atom is 0.257 e. The summed E-state index contributed by atoms with van der Waals surface area (Å²) in [5, 5.41) is 3.57. The summed E-state index contributed by atoms with van der Waals surface area (Å²) in [6.45, 7) is 1.24. The van der Waals surface area contributed by atoms with Crippen LogP contribution in [0.1, 0.15) is 10.4 Å². The number of sulfonamides is 1. The second kappa shape index (κ2) is 7.86. The molecule has 29 heavy (non-hydrogen) atoms. The van der Waals surface area contributed by atoms with Crippen LogP contribution in [0, 0.1) is 0 Å². The fourth-order valence-electron chi connectivity index (χ4n) is 3.34. The fraction of sp³-hybridized carbons (Fsp3) is 0.250. The molecule has 3 aromatic rings. The number of para-hydroxylation sites is 1. The Kier molecular flexibility index (Phi) is 5.27. The topological polar surface area (TPSA) is 101 Å². The Morgan fingerprint density at radius 2 is 1.93 bits per heavy atom. The lowest BCUT2D eigenvalue weighted by atomic mass is 10.1. The molecular weight excluding hydrogens is 394 g/mol. The number of ether oxygens (including phenoxy) is 2. The van der Waals surface area contributed by atoms with Gasteiger partial charge in [-0.25, -0.2) is 8.42 Å². The van der Waals surface area contributed by atoms with Gasteiger partial charge in [0.1, 0.15) is 10.6 Å². The molecule has 0 bridgehead atoms. The number of nitrogens with one attached hydrogen (secondary N) is 2. The third kappa shape index (κ3) is 3.71. The van der Waals surface area contributed by atoms with Crippen LogP contribution < -0.4 is 10.1 Å². The average Bonchev–Trinajstić information content (AvgIpc) is 3.18. The lowest BCUT2D eigenvalue weighted by Crippen LogP contribution is -2.40. The van der Waals surface area contributed by atoms with Gasteiger partial charge in [-0.15, -0.1) is 0 Å². The van der Waals surface area contributed by atoms with Crippen molar-refractivity contribution in [1.29, 1.82) is 0 Å². The second-order valence-corrected chi connectivity index (χ2v) is 8.49. The number of carbonyl (C=O) groups excluding carboxylic acids is 1. The van der Waals surface area contributed by atoms with E-state index in [0.29, 0.717) is 24.5 Å². The number of benzene rings is 2. The van der Waals surface area contributed by atoms with Crippen LogP contribution in [0.3, 0.4) is 0 Å². The number of morpholine rings is 1. The molecule has 1 saturated heterocycles. The first kappa shape index (κ1) is 19.4. The second-order valence-electron chi connectivity index (χ2n) is 6.58. The zero-order valence-corrected chi connectivity index (χ0v) is 16.7. The zero-order valence-electron chi connectivity index (χ0n) is 15.8. The van der Waals surface area contributed by atoms with Crippen molar-refractivity contribution in [3.05, 3.63) is 54.2 Å². The Morgan fingerprint density at radius 3 is 2.69 bits per heavy atom. The summed E-state index contributed by atoms with van der Waals surface area (Å²) < 4.78 is 38.0. The van der Waals surface area contributed by atoms with E-state index in [0.717, 1.165) is 10.9 Å². The highest BCUT2D eigenvalue weighted by Gasteiger charge is 2.29. The smallest absolute Gasteiger partial charge is 0.257 e. The molecule has 2 aromatic carbocycles. The van der Waals surface area contributed by atoms with Gasteiger partial charge in [0.05, 0.1) is 25.9 Å². The molecule has 0 atom stereocenters. The first-order chi connectivity index (χ1) is 14.0. The van der Waals surface area contributed by atoms with Crippen LogP contribution >= 0.6 is 0 Å². The monoisotopic (exact) mass is 415 g/mol. The highest BCUT2D eigenvalue weighted by atomic mass is 32.2. The van der Waals surface area contributed by atoms with Gasteiger partial charge in [0.2, 0.25) is 10.0 Å². The van der Waals surface area contributed by atoms with Crippen LogP contribution in [0.4, 0.5) is 5.69 Å². The number of hydrogen-bond donors (Lipinski definition) is 2. The van der Waals surface area contributed by atoms with Crippen molar-refractivity contribution >= 4 is 32.5 Å². The van der Waals surface area contributed by atoms with Crippen LogP contribution in [-0.4, -0.2) is 57.0 Å². The number of amides is 1. The van der Waals surface area contributed by atoms with E-state index in [4.69, 9.17) is 9.47 Å². The predicted molar refractivity (Wildman–Crippen MR) is 109 cm³/mol. The summed E-state index contributed by atoms with van der Waals surface area (Å²) in [5.41, 5.74) is 1.70. The quantitative estimate of drug-likeness (QED) is 0.667. The van der Waals surface area contributed by atoms with E-state index in [-0.39, 0.29) is 29.6 Å². The number of H-pyrrole nitrogens is 1. The largest absolute Gasteiger partial charge is 0.495 e. The van der Waals surface area contributed by atoms with Crippen molar-refractivity contribution in [1.82, 2.24) is 9.29 Å². The average molecular weight is 415 g/mol. The molecule has 9 heteroatoms. The Balaban J connectivity index is 1.65. The minimum atomic E-state index is -3.78. The molecule has 2 heterocycles. The molecule has 0 aliphatic carbocycles. The maximum atomic E-state index is 13.1. The summed E-state index contributed by atoms with van der Waals surface area (Å²) in [7, 11) is -2.37. The van der Waals surface area contributed by atoms with E-state index in [9.17, 15) is 13.2 Å². The number of fused-ring (bicyclic) bond motifs is 1. The van der Waals surface area contributed by atoms with E-state index < -0.39 is 10.0 Å². The summed E-state index contributed by atoms with van der Waals surface area (Å²) in [6.07, 6.45) is 1.63. The molecule has 2 N–H and O–H groups in total. The number of nitrogens with zero attached hydrogens (tertiary/aromatic N) is 1. The molecule has 1 aliphatic rings. The van der Waals surface area contributed by atoms with E-state index in [1.165, 1.54) is 23.5 Å². The van der Waals surface area contributed by atoms with Crippen molar-refractivity contribution < 1.29 is 22.7 Å². The molecule has 0 spiro atoms. The lowest BCUT2D eigenvalue weighted by molar-refractivity contribution is 0.0729. The van der Waals surface area contributed by atoms with Crippen LogP contribution in [0.25, 0.3) is 10.9 Å². The summed E-state index contributed by atoms with van der Waals surface area (Å²) in [5.74, 6) is -0.107. The molecule has 1 aliphatic heterocycles. The first-order valence-electron chi connectivity index (χ1n) is 9.14. The van der Waals surface area contributed by atoms with Gasteiger partial charge in [-0.1, -0.05) is 18.2 Å². The molecular formula is C20H21N3O5S. The lowest BCUT2D eigenvalue weighted by Gasteiger charge is -2.26. The maximum absolute atomic E-state index is 13.1. The Labute approximate surface area is 168 Å². The van der Waals surface area contributed by atoms with Crippen LogP contribution in [0.2, 0.25) is 0 Å². The highest BCUT2D eigenvalue weighted by molar-refractivity contribution is 7.89. The number of aromatic amines is 1. The zero-order chi connectivity index (χ0) is 20.4. The molecule has 0 saturated carbocycles. The molecule has 1 amide bonds. The number of methoxy groups -OCH3 is 1. The fourth-order valence-corrected chi connectivity index (χ4v) is 4.93. The van der Waals surface area contributed by atoms with Crippen molar-refractivity contribution in [3.63, 3.8) is 0 Å². The number of anilines is 1. The minimum Gasteiger partial charge on any atom is -0.495 e. The van der Waals surface area contributed by atoms with E-state index in [1.54, 1.807) is 12.3 Å². The van der Waals surface area contributed by atoms with Crippen molar-refractivity contribution in [2.75, 3.05) is 38.7 Å².